The topological polar surface area (TPSA) is 86.1 Å². The second-order valence-corrected chi connectivity index (χ2v) is 8.95. The van der Waals surface area contributed by atoms with E-state index in [2.05, 4.69) is 4.98 Å². The fourth-order valence-corrected chi connectivity index (χ4v) is 4.89. The molecule has 8 heteroatoms. The summed E-state index contributed by atoms with van der Waals surface area (Å²) >= 11 is 1.09. The van der Waals surface area contributed by atoms with Gasteiger partial charge in [0.1, 0.15) is 15.8 Å². The molecule has 0 aliphatic heterocycles. The van der Waals surface area contributed by atoms with Gasteiger partial charge in [0, 0.05) is 18.8 Å². The molecule has 7 nitrogen and oxygen atoms in total. The molecule has 0 bridgehead atoms. The molecule has 5 aromatic rings. The van der Waals surface area contributed by atoms with E-state index >= 15 is 0 Å². The predicted octanol–water partition coefficient (Wildman–Crippen LogP) is 4.21. The number of ether oxygens (including phenoxy) is 1. The van der Waals surface area contributed by atoms with E-state index in [-0.39, 0.29) is 11.4 Å². The lowest BCUT2D eigenvalue weighted by molar-refractivity contribution is 0.0344. The minimum Gasteiger partial charge on any atom is -0.454 e. The number of carbonyl (C=O) groups excluding carboxylic acids is 1. The molecule has 3 aromatic heterocycles. The SMILES string of the molecule is CC(OC(=O)c1cc2c(=O)n(Cc3ccccc3)c(=O)n(C)c2s1)c1ccc2[nH]ccc2c1. The van der Waals surface area contributed by atoms with Crippen LogP contribution in [0, 0.1) is 0 Å². The highest BCUT2D eigenvalue weighted by Crippen LogP contribution is 2.27. The van der Waals surface area contributed by atoms with E-state index < -0.39 is 23.3 Å². The summed E-state index contributed by atoms with van der Waals surface area (Å²) in [6.07, 6.45) is 1.39. The van der Waals surface area contributed by atoms with Gasteiger partial charge in [0.15, 0.2) is 0 Å². The van der Waals surface area contributed by atoms with Gasteiger partial charge in [-0.05, 0) is 47.7 Å². The van der Waals surface area contributed by atoms with E-state index in [0.29, 0.717) is 10.2 Å². The number of hydrogen-bond donors (Lipinski definition) is 1. The molecule has 0 aliphatic carbocycles. The molecule has 2 aromatic carbocycles. The van der Waals surface area contributed by atoms with Crippen LogP contribution in [0.4, 0.5) is 0 Å². The molecular formula is C25H21N3O4S. The molecule has 0 saturated carbocycles. The minimum atomic E-state index is -0.528. The van der Waals surface area contributed by atoms with Gasteiger partial charge in [-0.3, -0.25) is 13.9 Å². The molecule has 166 valence electrons. The monoisotopic (exact) mass is 459 g/mol. The van der Waals surface area contributed by atoms with Gasteiger partial charge in [-0.25, -0.2) is 9.59 Å². The van der Waals surface area contributed by atoms with Crippen molar-refractivity contribution in [3.63, 3.8) is 0 Å². The first-order chi connectivity index (χ1) is 15.9. The Kier molecular flexibility index (Phi) is 5.22. The molecule has 1 atom stereocenters. The highest BCUT2D eigenvalue weighted by Gasteiger charge is 2.21. The number of rotatable bonds is 5. The fourth-order valence-electron chi connectivity index (χ4n) is 3.90. The van der Waals surface area contributed by atoms with Crippen LogP contribution in [-0.4, -0.2) is 20.1 Å². The van der Waals surface area contributed by atoms with Crippen molar-refractivity contribution in [1.82, 2.24) is 14.1 Å². The minimum absolute atomic E-state index is 0.163. The molecule has 0 spiro atoms. The average molecular weight is 460 g/mol. The third-order valence-electron chi connectivity index (χ3n) is 5.73. The van der Waals surface area contributed by atoms with Gasteiger partial charge >= 0.3 is 11.7 Å². The van der Waals surface area contributed by atoms with Gasteiger partial charge < -0.3 is 9.72 Å². The van der Waals surface area contributed by atoms with E-state index in [4.69, 9.17) is 4.74 Å². The maximum absolute atomic E-state index is 13.1. The highest BCUT2D eigenvalue weighted by molar-refractivity contribution is 7.20. The van der Waals surface area contributed by atoms with Gasteiger partial charge in [0.05, 0.1) is 11.9 Å². The van der Waals surface area contributed by atoms with Crippen molar-refractivity contribution >= 4 is 38.4 Å². The lowest BCUT2D eigenvalue weighted by atomic mass is 10.1. The number of aryl methyl sites for hydroxylation is 1. The number of esters is 1. The van der Waals surface area contributed by atoms with Crippen LogP contribution in [0.15, 0.2) is 76.4 Å². The number of aromatic nitrogens is 3. The Balaban J connectivity index is 1.46. The summed E-state index contributed by atoms with van der Waals surface area (Å²) in [5.74, 6) is -0.528. The molecule has 33 heavy (non-hydrogen) atoms. The van der Waals surface area contributed by atoms with Crippen LogP contribution >= 0.6 is 11.3 Å². The molecule has 5 rings (SSSR count). The maximum atomic E-state index is 13.1. The second kappa shape index (κ2) is 8.22. The van der Waals surface area contributed by atoms with E-state index in [0.717, 1.165) is 33.4 Å². The maximum Gasteiger partial charge on any atom is 0.349 e. The number of nitrogens with one attached hydrogen (secondary N) is 1. The summed E-state index contributed by atoms with van der Waals surface area (Å²) < 4.78 is 8.27. The van der Waals surface area contributed by atoms with E-state index in [1.165, 1.54) is 15.2 Å². The van der Waals surface area contributed by atoms with Crippen molar-refractivity contribution in [2.24, 2.45) is 7.05 Å². The van der Waals surface area contributed by atoms with Crippen molar-refractivity contribution < 1.29 is 9.53 Å². The Morgan fingerprint density at radius 3 is 2.67 bits per heavy atom. The van der Waals surface area contributed by atoms with Crippen LogP contribution in [0.25, 0.3) is 21.1 Å². The van der Waals surface area contributed by atoms with Gasteiger partial charge in [0.25, 0.3) is 5.56 Å². The summed E-state index contributed by atoms with van der Waals surface area (Å²) in [6.45, 7) is 1.97. The Morgan fingerprint density at radius 1 is 1.09 bits per heavy atom. The van der Waals surface area contributed by atoms with Crippen molar-refractivity contribution in [2.75, 3.05) is 0 Å². The summed E-state index contributed by atoms with van der Waals surface area (Å²) in [6, 6.07) is 18.6. The van der Waals surface area contributed by atoms with Gasteiger partial charge in [0.2, 0.25) is 0 Å². The summed E-state index contributed by atoms with van der Waals surface area (Å²) in [5, 5.41) is 1.36. The van der Waals surface area contributed by atoms with Crippen LogP contribution < -0.4 is 11.2 Å². The lowest BCUT2D eigenvalue weighted by Crippen LogP contribution is -2.38. The summed E-state index contributed by atoms with van der Waals surface area (Å²) in [5.41, 5.74) is 1.88. The largest absolute Gasteiger partial charge is 0.454 e. The predicted molar refractivity (Wildman–Crippen MR) is 129 cm³/mol. The number of thiophene rings is 1. The van der Waals surface area contributed by atoms with E-state index in [1.807, 2.05) is 67.7 Å². The molecule has 3 heterocycles. The molecule has 0 amide bonds. The van der Waals surface area contributed by atoms with E-state index in [1.54, 1.807) is 7.05 Å². The Bertz CT molecular complexity index is 1610. The summed E-state index contributed by atoms with van der Waals surface area (Å²) in [4.78, 5) is 42.7. The Hall–Kier alpha value is -3.91. The van der Waals surface area contributed by atoms with Crippen LogP contribution in [0.2, 0.25) is 0 Å². The van der Waals surface area contributed by atoms with Crippen molar-refractivity contribution in [1.29, 1.82) is 0 Å². The van der Waals surface area contributed by atoms with Crippen molar-refractivity contribution in [3.05, 3.63) is 104 Å². The van der Waals surface area contributed by atoms with Crippen LogP contribution in [0.3, 0.4) is 0 Å². The Morgan fingerprint density at radius 2 is 1.88 bits per heavy atom. The van der Waals surface area contributed by atoms with Crippen LogP contribution in [0.1, 0.15) is 33.8 Å². The second-order valence-electron chi connectivity index (χ2n) is 7.92. The third-order valence-corrected chi connectivity index (χ3v) is 6.92. The van der Waals surface area contributed by atoms with Gasteiger partial charge in [-0.15, -0.1) is 11.3 Å². The summed E-state index contributed by atoms with van der Waals surface area (Å²) in [7, 11) is 1.60. The third kappa shape index (κ3) is 3.78. The molecule has 0 aliphatic rings. The zero-order chi connectivity index (χ0) is 23.1. The number of nitrogens with zero attached hydrogens (tertiary/aromatic N) is 2. The Labute approximate surface area is 192 Å². The number of carbonyl (C=O) groups is 1. The normalized spacial score (nSPS) is 12.3. The smallest absolute Gasteiger partial charge is 0.349 e. The van der Waals surface area contributed by atoms with Gasteiger partial charge in [-0.1, -0.05) is 36.4 Å². The number of benzene rings is 2. The standard InChI is InChI=1S/C25H21N3O4S/c1-15(17-8-9-20-18(12-17)10-11-26-20)32-24(30)21-13-19-22(29)28(14-16-6-4-3-5-7-16)25(31)27(2)23(19)33-21/h3-13,15,26H,14H2,1-2H3. The highest BCUT2D eigenvalue weighted by atomic mass is 32.1. The lowest BCUT2D eigenvalue weighted by Gasteiger charge is -2.13. The van der Waals surface area contributed by atoms with Crippen LogP contribution in [0.5, 0.6) is 0 Å². The van der Waals surface area contributed by atoms with Crippen LogP contribution in [-0.2, 0) is 18.3 Å². The first kappa shape index (κ1) is 21.0. The quantitative estimate of drug-likeness (QED) is 0.399. The molecule has 1 N–H and O–H groups in total. The number of fused-ring (bicyclic) bond motifs is 2. The number of hydrogen-bond acceptors (Lipinski definition) is 5. The first-order valence-corrected chi connectivity index (χ1v) is 11.3. The average Bonchev–Trinajstić information content (AvgIpc) is 3.48. The van der Waals surface area contributed by atoms with Crippen molar-refractivity contribution in [2.45, 2.75) is 19.6 Å². The molecule has 1 unspecified atom stereocenters. The zero-order valence-electron chi connectivity index (χ0n) is 18.1. The molecule has 0 saturated heterocycles. The van der Waals surface area contributed by atoms with Crippen molar-refractivity contribution in [3.8, 4) is 0 Å². The molecular weight excluding hydrogens is 438 g/mol. The molecule has 0 radical (unpaired) electrons. The van der Waals surface area contributed by atoms with Gasteiger partial charge in [-0.2, -0.15) is 0 Å². The zero-order valence-corrected chi connectivity index (χ0v) is 18.9. The number of aromatic amines is 1. The fraction of sp³-hybridized carbons (Fsp3) is 0.160. The first-order valence-electron chi connectivity index (χ1n) is 10.5. The van der Waals surface area contributed by atoms with E-state index in [9.17, 15) is 14.4 Å². The number of H-pyrrole nitrogens is 1. The molecule has 0 fully saturated rings.